The third-order valence-corrected chi connectivity index (χ3v) is 3.71. The molecule has 7 heteroatoms. The molecule has 0 atom stereocenters. The van der Waals surface area contributed by atoms with Gasteiger partial charge in [0.2, 0.25) is 5.91 Å². The largest absolute Gasteiger partial charge is 0.467 e. The maximum absolute atomic E-state index is 12.1. The van der Waals surface area contributed by atoms with E-state index in [4.69, 9.17) is 4.42 Å². The summed E-state index contributed by atoms with van der Waals surface area (Å²) in [5.74, 6) is 0.374. The van der Waals surface area contributed by atoms with Crippen LogP contribution in [0.4, 0.5) is 0 Å². The monoisotopic (exact) mass is 289 g/mol. The third kappa shape index (κ3) is 2.48. The molecule has 0 aromatic carbocycles. The van der Waals surface area contributed by atoms with Crippen molar-refractivity contribution in [1.82, 2.24) is 15.1 Å². The summed E-state index contributed by atoms with van der Waals surface area (Å²) in [6, 6.07) is 5.34. The quantitative estimate of drug-likeness (QED) is 0.787. The van der Waals surface area contributed by atoms with Crippen LogP contribution in [0.5, 0.6) is 0 Å². The highest BCUT2D eigenvalue weighted by molar-refractivity contribution is 7.17. The molecule has 0 spiro atoms. The van der Waals surface area contributed by atoms with Crippen LogP contribution in [0.25, 0.3) is 10.1 Å². The van der Waals surface area contributed by atoms with Gasteiger partial charge >= 0.3 is 0 Å². The first kappa shape index (κ1) is 12.6. The van der Waals surface area contributed by atoms with E-state index in [2.05, 4.69) is 10.4 Å². The van der Waals surface area contributed by atoms with Gasteiger partial charge in [-0.05, 0) is 23.6 Å². The van der Waals surface area contributed by atoms with Gasteiger partial charge in [0, 0.05) is 5.39 Å². The van der Waals surface area contributed by atoms with E-state index in [0.717, 1.165) is 10.1 Å². The van der Waals surface area contributed by atoms with Gasteiger partial charge in [-0.1, -0.05) is 0 Å². The molecule has 0 aliphatic heterocycles. The molecule has 0 fully saturated rings. The predicted molar refractivity (Wildman–Crippen MR) is 74.4 cm³/mol. The first-order valence-electron chi connectivity index (χ1n) is 5.96. The number of amides is 1. The molecule has 0 aliphatic carbocycles. The molecule has 3 rings (SSSR count). The van der Waals surface area contributed by atoms with Crippen molar-refractivity contribution in [3.8, 4) is 0 Å². The number of nitrogens with one attached hydrogen (secondary N) is 1. The molecule has 0 saturated carbocycles. The van der Waals surface area contributed by atoms with Gasteiger partial charge in [0.05, 0.1) is 19.0 Å². The fourth-order valence-corrected chi connectivity index (χ4v) is 2.61. The molecule has 0 radical (unpaired) electrons. The van der Waals surface area contributed by atoms with Crippen molar-refractivity contribution < 1.29 is 9.21 Å². The Bertz CT molecular complexity index is 789. The van der Waals surface area contributed by atoms with Crippen molar-refractivity contribution in [3.05, 3.63) is 52.2 Å². The maximum atomic E-state index is 12.1. The van der Waals surface area contributed by atoms with Gasteiger partial charge in [0.15, 0.2) is 0 Å². The lowest BCUT2D eigenvalue weighted by molar-refractivity contribution is -0.122. The topological polar surface area (TPSA) is 77.1 Å². The third-order valence-electron chi connectivity index (χ3n) is 2.79. The number of carbonyl (C=O) groups excluding carboxylic acids is 1. The number of rotatable bonds is 4. The SMILES string of the molecule is O=C(Cn1ncc2ccsc2c1=O)NCc1ccco1. The standard InChI is InChI=1S/C13H11N3O3S/c17-11(14-7-10-2-1-4-19-10)8-16-13(18)12-9(6-15-16)3-5-20-12/h1-6H,7-8H2,(H,14,17). The van der Waals surface area contributed by atoms with Crippen molar-refractivity contribution in [2.24, 2.45) is 0 Å². The number of aromatic nitrogens is 2. The van der Waals surface area contributed by atoms with Crippen LogP contribution in [0.2, 0.25) is 0 Å². The van der Waals surface area contributed by atoms with Gasteiger partial charge in [-0.25, -0.2) is 4.68 Å². The summed E-state index contributed by atoms with van der Waals surface area (Å²) in [5.41, 5.74) is -0.245. The molecule has 0 unspecified atom stereocenters. The van der Waals surface area contributed by atoms with E-state index in [9.17, 15) is 9.59 Å². The molecule has 0 saturated heterocycles. The summed E-state index contributed by atoms with van der Waals surface area (Å²) in [4.78, 5) is 23.9. The molecule has 3 aromatic rings. The Kier molecular flexibility index (Phi) is 3.34. The number of furan rings is 1. The smallest absolute Gasteiger partial charge is 0.285 e. The molecule has 3 heterocycles. The highest BCUT2D eigenvalue weighted by atomic mass is 32.1. The first-order valence-corrected chi connectivity index (χ1v) is 6.84. The van der Waals surface area contributed by atoms with Crippen LogP contribution in [0.15, 0.2) is 45.3 Å². The van der Waals surface area contributed by atoms with E-state index in [0.29, 0.717) is 17.0 Å². The van der Waals surface area contributed by atoms with E-state index in [1.54, 1.807) is 18.3 Å². The lowest BCUT2D eigenvalue weighted by Gasteiger charge is -2.05. The zero-order chi connectivity index (χ0) is 13.9. The molecule has 0 aliphatic rings. The average molecular weight is 289 g/mol. The Hall–Kier alpha value is -2.41. The van der Waals surface area contributed by atoms with Gasteiger partial charge in [0.25, 0.3) is 5.56 Å². The van der Waals surface area contributed by atoms with Gasteiger partial charge in [0.1, 0.15) is 17.0 Å². The minimum absolute atomic E-state index is 0.104. The Morgan fingerprint density at radius 3 is 3.15 bits per heavy atom. The van der Waals surface area contributed by atoms with E-state index < -0.39 is 0 Å². The average Bonchev–Trinajstić information content (AvgIpc) is 3.10. The van der Waals surface area contributed by atoms with Gasteiger partial charge in [-0.2, -0.15) is 5.10 Å². The lowest BCUT2D eigenvalue weighted by atomic mass is 10.4. The summed E-state index contributed by atoms with van der Waals surface area (Å²) in [6.07, 6.45) is 3.13. The number of carbonyl (C=O) groups is 1. The second-order valence-electron chi connectivity index (χ2n) is 4.17. The normalized spacial score (nSPS) is 10.8. The Morgan fingerprint density at radius 1 is 1.45 bits per heavy atom. The lowest BCUT2D eigenvalue weighted by Crippen LogP contribution is -2.33. The molecule has 20 heavy (non-hydrogen) atoms. The fraction of sp³-hybridized carbons (Fsp3) is 0.154. The van der Waals surface area contributed by atoms with E-state index >= 15 is 0 Å². The van der Waals surface area contributed by atoms with Crippen LogP contribution in [0, 0.1) is 0 Å². The summed E-state index contributed by atoms with van der Waals surface area (Å²) >= 11 is 1.35. The Labute approximate surface area is 117 Å². The van der Waals surface area contributed by atoms with Crippen LogP contribution in [-0.4, -0.2) is 15.7 Å². The molecule has 0 bridgehead atoms. The minimum atomic E-state index is -0.285. The van der Waals surface area contributed by atoms with Crippen molar-refractivity contribution in [3.63, 3.8) is 0 Å². The molecular formula is C13H11N3O3S. The van der Waals surface area contributed by atoms with Crippen LogP contribution in [0.3, 0.4) is 0 Å². The summed E-state index contributed by atoms with van der Waals surface area (Å²) in [6.45, 7) is 0.190. The molecular weight excluding hydrogens is 278 g/mol. The second-order valence-corrected chi connectivity index (χ2v) is 5.08. The number of nitrogens with zero attached hydrogens (tertiary/aromatic N) is 2. The van der Waals surface area contributed by atoms with E-state index in [1.165, 1.54) is 17.6 Å². The van der Waals surface area contributed by atoms with Crippen molar-refractivity contribution in [2.45, 2.75) is 13.1 Å². The van der Waals surface area contributed by atoms with Crippen LogP contribution in [-0.2, 0) is 17.9 Å². The van der Waals surface area contributed by atoms with Crippen LogP contribution in [0.1, 0.15) is 5.76 Å². The molecule has 3 aromatic heterocycles. The highest BCUT2D eigenvalue weighted by Gasteiger charge is 2.09. The maximum Gasteiger partial charge on any atom is 0.285 e. The second kappa shape index (κ2) is 5.30. The van der Waals surface area contributed by atoms with Gasteiger partial charge in [-0.3, -0.25) is 9.59 Å². The molecule has 102 valence electrons. The first-order chi connectivity index (χ1) is 9.74. The zero-order valence-electron chi connectivity index (χ0n) is 10.4. The Morgan fingerprint density at radius 2 is 2.35 bits per heavy atom. The van der Waals surface area contributed by atoms with Gasteiger partial charge in [-0.15, -0.1) is 11.3 Å². The molecule has 1 amide bonds. The zero-order valence-corrected chi connectivity index (χ0v) is 11.2. The van der Waals surface area contributed by atoms with Crippen LogP contribution < -0.4 is 10.9 Å². The summed E-state index contributed by atoms with van der Waals surface area (Å²) in [7, 11) is 0. The van der Waals surface area contributed by atoms with E-state index in [-0.39, 0.29) is 18.0 Å². The fourth-order valence-electron chi connectivity index (χ4n) is 1.80. The van der Waals surface area contributed by atoms with E-state index in [1.807, 2.05) is 11.4 Å². The predicted octanol–water partition coefficient (Wildman–Crippen LogP) is 1.37. The van der Waals surface area contributed by atoms with Crippen LogP contribution >= 0.6 is 11.3 Å². The van der Waals surface area contributed by atoms with Crippen molar-refractivity contribution >= 4 is 27.3 Å². The summed E-state index contributed by atoms with van der Waals surface area (Å²) in [5, 5.41) is 9.29. The number of hydrogen-bond donors (Lipinski definition) is 1. The Balaban J connectivity index is 1.71. The van der Waals surface area contributed by atoms with Gasteiger partial charge < -0.3 is 9.73 Å². The number of hydrogen-bond acceptors (Lipinski definition) is 5. The van der Waals surface area contributed by atoms with Crippen molar-refractivity contribution in [2.75, 3.05) is 0 Å². The number of thiophene rings is 1. The summed E-state index contributed by atoms with van der Waals surface area (Å²) < 4.78 is 6.88. The highest BCUT2D eigenvalue weighted by Crippen LogP contribution is 2.14. The molecule has 1 N–H and O–H groups in total. The van der Waals surface area contributed by atoms with Crippen molar-refractivity contribution in [1.29, 1.82) is 0 Å². The molecule has 6 nitrogen and oxygen atoms in total. The minimum Gasteiger partial charge on any atom is -0.467 e. The number of fused-ring (bicyclic) bond motifs is 1.